The van der Waals surface area contributed by atoms with Crippen LogP contribution in [0.2, 0.25) is 0 Å². The molecule has 0 fully saturated rings. The Balaban J connectivity index is 1.56. The van der Waals surface area contributed by atoms with Crippen molar-refractivity contribution in [2.75, 3.05) is 13.2 Å². The normalized spacial score (nSPS) is 12.0. The first-order chi connectivity index (χ1) is 20.3. The highest BCUT2D eigenvalue weighted by atomic mass is 79.9. The standard InChI is InChI=1S/C27H20BrF5N4O6/c28-23-22(14-4-6-15(7-5-14)27(31,32)33)36-25(43-23)18(42-17-9-8-16(29)20(21(17)30)24(34)39)13-41-26(40)35-10-12-37-11-2-1-3-19(37)38/h1-9,11,18H,10,12-13H2,(H2,34,39)(H,35,40). The van der Waals surface area contributed by atoms with Crippen molar-refractivity contribution in [3.05, 3.63) is 104 Å². The lowest BCUT2D eigenvalue weighted by molar-refractivity contribution is -0.137. The SMILES string of the molecule is NC(=O)c1c(F)ccc(OC(COC(=O)NCCn2ccccc2=O)c2nc(-c3ccc(C(F)(F)F)cc3)c(Br)o2)c1F. The molecule has 1 unspecified atom stereocenters. The van der Waals surface area contributed by atoms with Crippen molar-refractivity contribution in [2.45, 2.75) is 18.8 Å². The second kappa shape index (κ2) is 13.1. The van der Waals surface area contributed by atoms with Crippen LogP contribution in [0.3, 0.4) is 0 Å². The van der Waals surface area contributed by atoms with Gasteiger partial charge in [0.25, 0.3) is 11.5 Å². The van der Waals surface area contributed by atoms with Gasteiger partial charge in [0.15, 0.2) is 16.2 Å². The Kier molecular flexibility index (Phi) is 9.48. The zero-order valence-corrected chi connectivity index (χ0v) is 23.2. The molecule has 0 saturated carbocycles. The van der Waals surface area contributed by atoms with Crippen LogP contribution in [0.15, 0.2) is 74.7 Å². The van der Waals surface area contributed by atoms with Crippen LogP contribution in [0, 0.1) is 11.6 Å². The largest absolute Gasteiger partial charge is 0.474 e. The maximum Gasteiger partial charge on any atom is 0.416 e. The van der Waals surface area contributed by atoms with Crippen LogP contribution in [0.4, 0.5) is 26.7 Å². The molecule has 2 heterocycles. The predicted octanol–water partition coefficient (Wildman–Crippen LogP) is 5.21. The van der Waals surface area contributed by atoms with Gasteiger partial charge in [-0.15, -0.1) is 0 Å². The molecule has 2 amide bonds. The molecule has 0 bridgehead atoms. The van der Waals surface area contributed by atoms with Gasteiger partial charge in [-0.1, -0.05) is 18.2 Å². The molecule has 0 aliphatic carbocycles. The number of pyridine rings is 1. The number of benzene rings is 2. The smallest absolute Gasteiger partial charge is 0.416 e. The highest BCUT2D eigenvalue weighted by molar-refractivity contribution is 9.10. The van der Waals surface area contributed by atoms with Crippen molar-refractivity contribution >= 4 is 27.9 Å². The molecule has 4 rings (SSSR count). The van der Waals surface area contributed by atoms with Gasteiger partial charge in [-0.2, -0.15) is 13.2 Å². The third-order valence-corrected chi connectivity index (χ3v) is 6.36. The van der Waals surface area contributed by atoms with E-state index < -0.39 is 59.4 Å². The number of nitrogens with one attached hydrogen (secondary N) is 1. The lowest BCUT2D eigenvalue weighted by Crippen LogP contribution is -2.32. The number of amides is 2. The number of alkyl carbamates (subject to hydrolysis) is 1. The second-order valence-electron chi connectivity index (χ2n) is 8.71. The fraction of sp³-hybridized carbons (Fsp3) is 0.185. The van der Waals surface area contributed by atoms with E-state index in [1.54, 1.807) is 12.1 Å². The van der Waals surface area contributed by atoms with Crippen LogP contribution >= 0.6 is 15.9 Å². The summed E-state index contributed by atoms with van der Waals surface area (Å²) in [7, 11) is 0. The Morgan fingerprint density at radius 3 is 2.47 bits per heavy atom. The van der Waals surface area contributed by atoms with Crippen molar-refractivity contribution in [1.82, 2.24) is 14.9 Å². The van der Waals surface area contributed by atoms with Crippen molar-refractivity contribution in [1.29, 1.82) is 0 Å². The van der Waals surface area contributed by atoms with E-state index in [2.05, 4.69) is 26.2 Å². The number of nitrogens with two attached hydrogens (primary N) is 1. The number of ether oxygens (including phenoxy) is 2. The molecule has 0 aliphatic rings. The third-order valence-electron chi connectivity index (χ3n) is 5.82. The molecule has 226 valence electrons. The highest BCUT2D eigenvalue weighted by Crippen LogP contribution is 2.36. The van der Waals surface area contributed by atoms with Crippen LogP contribution in [0.25, 0.3) is 11.3 Å². The van der Waals surface area contributed by atoms with Crippen molar-refractivity contribution in [2.24, 2.45) is 5.73 Å². The first kappa shape index (κ1) is 31.2. The lowest BCUT2D eigenvalue weighted by Gasteiger charge is -2.18. The molecule has 0 radical (unpaired) electrons. The van der Waals surface area contributed by atoms with Gasteiger partial charge in [0.2, 0.25) is 12.0 Å². The number of halogens is 6. The molecule has 16 heteroatoms. The average Bonchev–Trinajstić information content (AvgIpc) is 3.34. The lowest BCUT2D eigenvalue weighted by atomic mass is 10.1. The van der Waals surface area contributed by atoms with Crippen LogP contribution < -0.4 is 21.3 Å². The topological polar surface area (TPSA) is 139 Å². The minimum Gasteiger partial charge on any atom is -0.474 e. The quantitative estimate of drug-likeness (QED) is 0.221. The van der Waals surface area contributed by atoms with E-state index in [1.807, 2.05) is 0 Å². The monoisotopic (exact) mass is 670 g/mol. The Morgan fingerprint density at radius 1 is 1.09 bits per heavy atom. The Bertz CT molecular complexity index is 1690. The maximum atomic E-state index is 14.9. The fourth-order valence-corrected chi connectivity index (χ4v) is 4.22. The first-order valence-electron chi connectivity index (χ1n) is 12.2. The number of nitrogens with zero attached hydrogens (tertiary/aromatic N) is 2. The average molecular weight is 671 g/mol. The van der Waals surface area contributed by atoms with E-state index in [1.165, 1.54) is 16.8 Å². The van der Waals surface area contributed by atoms with Gasteiger partial charge in [0.1, 0.15) is 23.7 Å². The fourth-order valence-electron chi connectivity index (χ4n) is 3.74. The van der Waals surface area contributed by atoms with Gasteiger partial charge in [0.05, 0.1) is 5.56 Å². The summed E-state index contributed by atoms with van der Waals surface area (Å²) < 4.78 is 85.4. The first-order valence-corrected chi connectivity index (χ1v) is 13.0. The summed E-state index contributed by atoms with van der Waals surface area (Å²) in [5.74, 6) is -5.09. The zero-order chi connectivity index (χ0) is 31.3. The molecule has 3 N–H and O–H groups in total. The Hall–Kier alpha value is -4.73. The predicted molar refractivity (Wildman–Crippen MR) is 143 cm³/mol. The number of rotatable bonds is 10. The molecule has 1 atom stereocenters. The number of alkyl halides is 3. The van der Waals surface area contributed by atoms with Crippen LogP contribution in [0.1, 0.15) is 27.9 Å². The number of hydrogen-bond acceptors (Lipinski definition) is 7. The number of aromatic nitrogens is 2. The summed E-state index contributed by atoms with van der Waals surface area (Å²) in [5, 5.41) is 2.42. The summed E-state index contributed by atoms with van der Waals surface area (Å²) >= 11 is 3.12. The minimum atomic E-state index is -4.57. The molecular weight excluding hydrogens is 651 g/mol. The van der Waals surface area contributed by atoms with E-state index in [-0.39, 0.29) is 40.5 Å². The van der Waals surface area contributed by atoms with E-state index in [0.717, 1.165) is 36.4 Å². The van der Waals surface area contributed by atoms with Crippen LogP contribution in [-0.4, -0.2) is 34.7 Å². The van der Waals surface area contributed by atoms with E-state index in [9.17, 15) is 36.3 Å². The summed E-state index contributed by atoms with van der Waals surface area (Å²) in [6.45, 7) is -0.556. The summed E-state index contributed by atoms with van der Waals surface area (Å²) in [6.07, 6.45) is -5.53. The second-order valence-corrected chi connectivity index (χ2v) is 9.43. The molecule has 0 aliphatic heterocycles. The summed E-state index contributed by atoms with van der Waals surface area (Å²) in [6, 6.07) is 10.1. The van der Waals surface area contributed by atoms with E-state index in [0.29, 0.717) is 0 Å². The van der Waals surface area contributed by atoms with Gasteiger partial charge in [-0.3, -0.25) is 9.59 Å². The number of primary amides is 1. The number of carbonyl (C=O) groups is 2. The summed E-state index contributed by atoms with van der Waals surface area (Å²) in [5.41, 5.74) is 3.04. The van der Waals surface area contributed by atoms with Gasteiger partial charge < -0.3 is 29.5 Å². The zero-order valence-electron chi connectivity index (χ0n) is 21.7. The van der Waals surface area contributed by atoms with E-state index in [4.69, 9.17) is 19.6 Å². The third kappa shape index (κ3) is 7.57. The number of oxazole rings is 1. The number of carbonyl (C=O) groups excluding carboxylic acids is 2. The molecule has 0 saturated heterocycles. The maximum absolute atomic E-state index is 14.9. The minimum absolute atomic E-state index is 0.00847. The van der Waals surface area contributed by atoms with Crippen LogP contribution in [-0.2, 0) is 17.5 Å². The molecule has 2 aromatic carbocycles. The van der Waals surface area contributed by atoms with Crippen molar-refractivity contribution in [3.63, 3.8) is 0 Å². The van der Waals surface area contributed by atoms with Gasteiger partial charge >= 0.3 is 12.3 Å². The molecular formula is C27H20BrF5N4O6. The molecule has 0 spiro atoms. The Labute approximate surface area is 247 Å². The van der Waals surface area contributed by atoms with E-state index >= 15 is 0 Å². The summed E-state index contributed by atoms with van der Waals surface area (Å²) in [4.78, 5) is 39.9. The van der Waals surface area contributed by atoms with Crippen LogP contribution in [0.5, 0.6) is 5.75 Å². The number of hydrogen-bond donors (Lipinski definition) is 2. The highest BCUT2D eigenvalue weighted by Gasteiger charge is 2.31. The van der Waals surface area contributed by atoms with Gasteiger partial charge in [-0.25, -0.2) is 18.6 Å². The molecule has 4 aromatic rings. The molecule has 2 aromatic heterocycles. The van der Waals surface area contributed by atoms with Crippen molar-refractivity contribution in [3.8, 4) is 17.0 Å². The molecule has 10 nitrogen and oxygen atoms in total. The van der Waals surface area contributed by atoms with Gasteiger partial charge in [-0.05, 0) is 46.3 Å². The van der Waals surface area contributed by atoms with Crippen molar-refractivity contribution < 1.29 is 45.4 Å². The molecule has 43 heavy (non-hydrogen) atoms. The van der Waals surface area contributed by atoms with Gasteiger partial charge in [0, 0.05) is 30.9 Å². The Morgan fingerprint density at radius 2 is 1.81 bits per heavy atom.